The smallest absolute Gasteiger partial charge is 0.231 e. The number of carbonyl (C=O) groups excluding carboxylic acids is 1. The van der Waals surface area contributed by atoms with Crippen LogP contribution in [0.2, 0.25) is 5.02 Å². The van der Waals surface area contributed by atoms with Crippen molar-refractivity contribution in [2.75, 3.05) is 32.7 Å². The number of carbonyl (C=O) groups is 1. The Morgan fingerprint density at radius 2 is 1.75 bits per heavy atom. The number of phenolic OH excluding ortho intramolecular Hbond substituents is 1. The molecule has 2 aromatic rings. The normalized spacial score (nSPS) is 19.1. The molecule has 0 aromatic heterocycles. The zero-order chi connectivity index (χ0) is 19.7. The van der Waals surface area contributed by atoms with Crippen LogP contribution in [0.15, 0.2) is 42.2 Å². The summed E-state index contributed by atoms with van der Waals surface area (Å²) in [4.78, 5) is 17.5. The maximum atomic E-state index is 12.8. The molecule has 4 rings (SSSR count). The van der Waals surface area contributed by atoms with E-state index in [0.29, 0.717) is 28.4 Å². The van der Waals surface area contributed by atoms with Crippen LogP contribution in [0.5, 0.6) is 11.5 Å². The number of rotatable bonds is 4. The lowest BCUT2D eigenvalue weighted by Crippen LogP contribution is -2.45. The highest BCUT2D eigenvalue weighted by Crippen LogP contribution is 2.40. The predicted octanol–water partition coefficient (Wildman–Crippen LogP) is 3.80. The third-order valence-electron chi connectivity index (χ3n) is 5.38. The highest BCUT2D eigenvalue weighted by molar-refractivity contribution is 6.30. The Labute approximate surface area is 169 Å². The van der Waals surface area contributed by atoms with Crippen LogP contribution in [0, 0.1) is 0 Å². The van der Waals surface area contributed by atoms with Gasteiger partial charge in [0.25, 0.3) is 0 Å². The van der Waals surface area contributed by atoms with Crippen molar-refractivity contribution in [1.82, 2.24) is 9.80 Å². The van der Waals surface area contributed by atoms with Gasteiger partial charge in [0.2, 0.25) is 5.78 Å². The molecule has 0 radical (unpaired) electrons. The molecule has 0 unspecified atom stereocenters. The van der Waals surface area contributed by atoms with Gasteiger partial charge in [-0.05, 0) is 42.4 Å². The van der Waals surface area contributed by atoms with Crippen molar-refractivity contribution >= 4 is 23.5 Å². The Balaban J connectivity index is 1.58. The van der Waals surface area contributed by atoms with Gasteiger partial charge in [-0.3, -0.25) is 9.69 Å². The number of likely N-dealkylation sites (N-methyl/N-ethyl adjacent to an activating group) is 1. The summed E-state index contributed by atoms with van der Waals surface area (Å²) in [5.41, 5.74) is 2.01. The third kappa shape index (κ3) is 3.78. The van der Waals surface area contributed by atoms with E-state index >= 15 is 0 Å². The van der Waals surface area contributed by atoms with Crippen LogP contribution in [0.25, 0.3) is 6.08 Å². The number of fused-ring (bicyclic) bond motifs is 1. The van der Waals surface area contributed by atoms with Crippen molar-refractivity contribution in [3.63, 3.8) is 0 Å². The van der Waals surface area contributed by atoms with Crippen LogP contribution in [-0.2, 0) is 6.54 Å². The lowest BCUT2D eigenvalue weighted by atomic mass is 10.0. The van der Waals surface area contributed by atoms with Crippen molar-refractivity contribution in [1.29, 1.82) is 0 Å². The molecular weight excluding hydrogens is 376 g/mol. The number of ether oxygens (including phenoxy) is 1. The number of benzene rings is 2. The van der Waals surface area contributed by atoms with Crippen LogP contribution in [-0.4, -0.2) is 53.4 Å². The lowest BCUT2D eigenvalue weighted by molar-refractivity contribution is 0.101. The standard InChI is InChI=1S/C22H23ClN2O3/c1-2-24-9-11-25(12-10-24)14-18-19(26)8-7-17-21(27)20(28-22(17)18)13-15-3-5-16(23)6-4-15/h3-8,13,26H,2,9-12,14H2,1H3/b20-13-. The summed E-state index contributed by atoms with van der Waals surface area (Å²) in [6.07, 6.45) is 1.71. The Morgan fingerprint density at radius 3 is 2.43 bits per heavy atom. The molecule has 0 spiro atoms. The Bertz CT molecular complexity index is 916. The summed E-state index contributed by atoms with van der Waals surface area (Å²) in [7, 11) is 0. The summed E-state index contributed by atoms with van der Waals surface area (Å²) >= 11 is 5.92. The molecule has 2 aliphatic rings. The summed E-state index contributed by atoms with van der Waals surface area (Å²) in [6.45, 7) is 7.65. The summed E-state index contributed by atoms with van der Waals surface area (Å²) in [5.74, 6) is 0.738. The molecule has 0 saturated carbocycles. The van der Waals surface area contributed by atoms with Crippen molar-refractivity contribution in [2.45, 2.75) is 13.5 Å². The van der Waals surface area contributed by atoms with Crippen LogP contribution in [0.3, 0.4) is 0 Å². The van der Waals surface area contributed by atoms with Crippen LogP contribution in [0.4, 0.5) is 0 Å². The minimum absolute atomic E-state index is 0.164. The fourth-order valence-corrected chi connectivity index (χ4v) is 3.77. The molecule has 5 nitrogen and oxygen atoms in total. The Kier molecular flexibility index (Phi) is 5.40. The fourth-order valence-electron chi connectivity index (χ4n) is 3.65. The number of Topliss-reactive ketones (excluding diaryl/α,β-unsaturated/α-hetero) is 1. The SMILES string of the molecule is CCN1CCN(Cc2c(O)ccc3c2O/C(=C\c2ccc(Cl)cc2)C3=O)CC1. The van der Waals surface area contributed by atoms with Crippen LogP contribution >= 0.6 is 11.6 Å². The summed E-state index contributed by atoms with van der Waals surface area (Å²) in [5, 5.41) is 11.1. The summed E-state index contributed by atoms with van der Waals surface area (Å²) < 4.78 is 5.93. The highest BCUT2D eigenvalue weighted by atomic mass is 35.5. The molecule has 2 aliphatic heterocycles. The van der Waals surface area contributed by atoms with Gasteiger partial charge in [0, 0.05) is 37.7 Å². The van der Waals surface area contributed by atoms with Gasteiger partial charge in [-0.2, -0.15) is 0 Å². The average Bonchev–Trinajstić information content (AvgIpc) is 3.02. The van der Waals surface area contributed by atoms with Crippen LogP contribution < -0.4 is 4.74 Å². The number of aromatic hydroxyl groups is 1. The van der Waals surface area contributed by atoms with Crippen LogP contribution in [0.1, 0.15) is 28.4 Å². The number of piperazine rings is 1. The van der Waals surface area contributed by atoms with E-state index in [1.165, 1.54) is 0 Å². The van der Waals surface area contributed by atoms with E-state index in [2.05, 4.69) is 16.7 Å². The van der Waals surface area contributed by atoms with Gasteiger partial charge in [-0.15, -0.1) is 0 Å². The molecule has 0 bridgehead atoms. The third-order valence-corrected chi connectivity index (χ3v) is 5.63. The number of ketones is 1. The van der Waals surface area contributed by atoms with E-state index in [1.54, 1.807) is 30.3 Å². The second kappa shape index (κ2) is 7.95. The van der Waals surface area contributed by atoms with E-state index in [9.17, 15) is 9.90 Å². The minimum atomic E-state index is -0.165. The fraction of sp³-hybridized carbons (Fsp3) is 0.318. The van der Waals surface area contributed by atoms with Gasteiger partial charge in [-0.1, -0.05) is 30.7 Å². The quantitative estimate of drug-likeness (QED) is 0.794. The minimum Gasteiger partial charge on any atom is -0.507 e. The molecular formula is C22H23ClN2O3. The van der Waals surface area contributed by atoms with Gasteiger partial charge in [0.05, 0.1) is 11.1 Å². The highest BCUT2D eigenvalue weighted by Gasteiger charge is 2.32. The first-order valence-electron chi connectivity index (χ1n) is 9.54. The number of phenols is 1. The maximum absolute atomic E-state index is 12.8. The first kappa shape index (κ1) is 19.0. The van der Waals surface area contributed by atoms with Crippen molar-refractivity contribution < 1.29 is 14.6 Å². The summed E-state index contributed by atoms with van der Waals surface area (Å²) in [6, 6.07) is 10.4. The second-order valence-electron chi connectivity index (χ2n) is 7.14. The topological polar surface area (TPSA) is 53.0 Å². The van der Waals surface area contributed by atoms with Gasteiger partial charge in [-0.25, -0.2) is 0 Å². The van der Waals surface area contributed by atoms with Gasteiger partial charge in [0.1, 0.15) is 11.5 Å². The number of allylic oxidation sites excluding steroid dienone is 1. The zero-order valence-electron chi connectivity index (χ0n) is 15.8. The van der Waals surface area contributed by atoms with Crippen molar-refractivity contribution in [2.24, 2.45) is 0 Å². The number of hydrogen-bond donors (Lipinski definition) is 1. The molecule has 0 atom stereocenters. The van der Waals surface area contributed by atoms with Crippen molar-refractivity contribution in [3.05, 3.63) is 63.9 Å². The molecule has 1 N–H and O–H groups in total. The van der Waals surface area contributed by atoms with E-state index in [0.717, 1.165) is 38.3 Å². The molecule has 0 aliphatic carbocycles. The van der Waals surface area contributed by atoms with E-state index in [4.69, 9.17) is 16.3 Å². The van der Waals surface area contributed by atoms with Gasteiger partial charge in [0.15, 0.2) is 5.76 Å². The first-order valence-corrected chi connectivity index (χ1v) is 9.92. The van der Waals surface area contributed by atoms with Gasteiger partial charge >= 0.3 is 0 Å². The number of nitrogens with zero attached hydrogens (tertiary/aromatic N) is 2. The average molecular weight is 399 g/mol. The Hall–Kier alpha value is -2.34. The first-order chi connectivity index (χ1) is 13.5. The second-order valence-corrected chi connectivity index (χ2v) is 7.58. The molecule has 2 aromatic carbocycles. The monoisotopic (exact) mass is 398 g/mol. The molecule has 1 fully saturated rings. The van der Waals surface area contributed by atoms with E-state index in [-0.39, 0.29) is 17.3 Å². The van der Waals surface area contributed by atoms with Crippen molar-refractivity contribution in [3.8, 4) is 11.5 Å². The number of hydrogen-bond acceptors (Lipinski definition) is 5. The predicted molar refractivity (Wildman–Crippen MR) is 110 cm³/mol. The molecule has 6 heteroatoms. The largest absolute Gasteiger partial charge is 0.507 e. The molecule has 146 valence electrons. The molecule has 1 saturated heterocycles. The van der Waals surface area contributed by atoms with E-state index < -0.39 is 0 Å². The maximum Gasteiger partial charge on any atom is 0.231 e. The number of halogens is 1. The Morgan fingerprint density at radius 1 is 1.07 bits per heavy atom. The molecule has 2 heterocycles. The van der Waals surface area contributed by atoms with E-state index in [1.807, 2.05) is 12.1 Å². The lowest BCUT2D eigenvalue weighted by Gasteiger charge is -2.34. The zero-order valence-corrected chi connectivity index (χ0v) is 16.6. The molecule has 0 amide bonds. The molecule has 28 heavy (non-hydrogen) atoms. The van der Waals surface area contributed by atoms with Gasteiger partial charge < -0.3 is 14.7 Å².